The Morgan fingerprint density at radius 1 is 1.11 bits per heavy atom. The molecule has 0 atom stereocenters. The molecular weight excluding hydrogens is 244 g/mol. The first-order chi connectivity index (χ1) is 8.63. The molecule has 19 heavy (non-hydrogen) atoms. The molecule has 5 heteroatoms. The summed E-state index contributed by atoms with van der Waals surface area (Å²) in [5, 5.41) is 14.1. The number of urea groups is 1. The number of hydrogen-bond donors (Lipinski definition) is 3. The van der Waals surface area contributed by atoms with Crippen LogP contribution in [0.15, 0.2) is 12.1 Å². The summed E-state index contributed by atoms with van der Waals surface area (Å²) >= 11 is 0. The Morgan fingerprint density at radius 3 is 2.00 bits per heavy atom. The largest absolute Gasteiger partial charge is 0.480 e. The molecule has 0 unspecified atom stereocenters. The molecule has 1 aromatic rings. The van der Waals surface area contributed by atoms with Crippen LogP contribution in [-0.2, 0) is 4.79 Å². The van der Waals surface area contributed by atoms with E-state index in [1.165, 1.54) is 13.8 Å². The maximum atomic E-state index is 11.8. The van der Waals surface area contributed by atoms with Crippen molar-refractivity contribution < 1.29 is 14.7 Å². The third-order valence-corrected chi connectivity index (χ3v) is 2.88. The Kier molecular flexibility index (Phi) is 4.19. The van der Waals surface area contributed by atoms with Gasteiger partial charge in [-0.3, -0.25) is 0 Å². The van der Waals surface area contributed by atoms with Crippen molar-refractivity contribution in [3.05, 3.63) is 28.8 Å². The number of benzene rings is 1. The van der Waals surface area contributed by atoms with Gasteiger partial charge in [-0.25, -0.2) is 9.59 Å². The third kappa shape index (κ3) is 3.71. The van der Waals surface area contributed by atoms with Gasteiger partial charge in [-0.05, 0) is 45.7 Å². The summed E-state index contributed by atoms with van der Waals surface area (Å²) in [7, 11) is 0. The zero-order chi connectivity index (χ0) is 14.8. The fraction of sp³-hybridized carbons (Fsp3) is 0.429. The minimum Gasteiger partial charge on any atom is -0.480 e. The molecule has 0 saturated carbocycles. The summed E-state index contributed by atoms with van der Waals surface area (Å²) < 4.78 is 0. The van der Waals surface area contributed by atoms with Gasteiger partial charge < -0.3 is 15.7 Å². The van der Waals surface area contributed by atoms with Crippen LogP contribution < -0.4 is 10.6 Å². The van der Waals surface area contributed by atoms with Crippen LogP contribution in [0, 0.1) is 20.8 Å². The predicted molar refractivity (Wildman–Crippen MR) is 74.5 cm³/mol. The molecule has 0 aliphatic heterocycles. The summed E-state index contributed by atoms with van der Waals surface area (Å²) in [6.07, 6.45) is 0. The Balaban J connectivity index is 2.87. The van der Waals surface area contributed by atoms with Crippen molar-refractivity contribution in [3.8, 4) is 0 Å². The van der Waals surface area contributed by atoms with Gasteiger partial charge in [0, 0.05) is 5.69 Å². The second-order valence-electron chi connectivity index (χ2n) is 5.28. The van der Waals surface area contributed by atoms with Gasteiger partial charge in [0.15, 0.2) is 0 Å². The Bertz CT molecular complexity index is 498. The number of carbonyl (C=O) groups is 2. The fourth-order valence-electron chi connectivity index (χ4n) is 1.86. The smallest absolute Gasteiger partial charge is 0.328 e. The number of rotatable bonds is 3. The fourth-order valence-corrected chi connectivity index (χ4v) is 1.86. The van der Waals surface area contributed by atoms with E-state index in [9.17, 15) is 9.59 Å². The lowest BCUT2D eigenvalue weighted by atomic mass is 10.0. The van der Waals surface area contributed by atoms with E-state index >= 15 is 0 Å². The average Bonchev–Trinajstić information content (AvgIpc) is 2.22. The van der Waals surface area contributed by atoms with Crippen LogP contribution in [0.25, 0.3) is 0 Å². The molecule has 0 radical (unpaired) electrons. The molecular formula is C14H20N2O3. The first-order valence-electron chi connectivity index (χ1n) is 6.04. The molecule has 2 amide bonds. The van der Waals surface area contributed by atoms with E-state index < -0.39 is 17.5 Å². The van der Waals surface area contributed by atoms with E-state index in [1.807, 2.05) is 32.9 Å². The molecule has 3 N–H and O–H groups in total. The molecule has 0 aliphatic carbocycles. The number of aliphatic carboxylic acids is 1. The number of carboxylic acids is 1. The van der Waals surface area contributed by atoms with Crippen LogP contribution >= 0.6 is 0 Å². The lowest BCUT2D eigenvalue weighted by Crippen LogP contribution is -2.51. The second kappa shape index (κ2) is 5.30. The number of aryl methyl sites for hydroxylation is 3. The first kappa shape index (κ1) is 15.0. The van der Waals surface area contributed by atoms with Gasteiger partial charge in [0.05, 0.1) is 0 Å². The molecule has 0 spiro atoms. The molecule has 1 rings (SSSR count). The molecule has 1 aromatic carbocycles. The van der Waals surface area contributed by atoms with Gasteiger partial charge in [0.1, 0.15) is 5.54 Å². The highest BCUT2D eigenvalue weighted by Gasteiger charge is 2.29. The highest BCUT2D eigenvalue weighted by molar-refractivity contribution is 5.94. The van der Waals surface area contributed by atoms with Crippen LogP contribution in [0.2, 0.25) is 0 Å². The average molecular weight is 264 g/mol. The third-order valence-electron chi connectivity index (χ3n) is 2.88. The predicted octanol–water partition coefficient (Wildman–Crippen LogP) is 2.60. The maximum absolute atomic E-state index is 11.8. The number of nitrogens with one attached hydrogen (secondary N) is 2. The number of anilines is 1. The summed E-state index contributed by atoms with van der Waals surface area (Å²) in [5.74, 6) is -1.08. The lowest BCUT2D eigenvalue weighted by Gasteiger charge is -2.22. The summed E-state index contributed by atoms with van der Waals surface area (Å²) in [4.78, 5) is 22.8. The molecule has 0 aromatic heterocycles. The normalized spacial score (nSPS) is 11.0. The Labute approximate surface area is 113 Å². The monoisotopic (exact) mass is 264 g/mol. The second-order valence-corrected chi connectivity index (χ2v) is 5.28. The van der Waals surface area contributed by atoms with Crippen LogP contribution in [-0.4, -0.2) is 22.6 Å². The summed E-state index contributed by atoms with van der Waals surface area (Å²) in [5.41, 5.74) is 2.41. The highest BCUT2D eigenvalue weighted by Crippen LogP contribution is 2.21. The summed E-state index contributed by atoms with van der Waals surface area (Å²) in [6.45, 7) is 8.65. The number of amides is 2. The van der Waals surface area contributed by atoms with Gasteiger partial charge in [0.2, 0.25) is 0 Å². The molecule has 0 fully saturated rings. The zero-order valence-corrected chi connectivity index (χ0v) is 11.9. The lowest BCUT2D eigenvalue weighted by molar-refractivity contribution is -0.142. The highest BCUT2D eigenvalue weighted by atomic mass is 16.4. The maximum Gasteiger partial charge on any atom is 0.328 e. The molecule has 0 heterocycles. The van der Waals surface area contributed by atoms with Crippen molar-refractivity contribution in [2.24, 2.45) is 0 Å². The molecule has 5 nitrogen and oxygen atoms in total. The van der Waals surface area contributed by atoms with Crippen molar-refractivity contribution in [3.63, 3.8) is 0 Å². The van der Waals surface area contributed by atoms with Crippen molar-refractivity contribution >= 4 is 17.7 Å². The van der Waals surface area contributed by atoms with Gasteiger partial charge >= 0.3 is 12.0 Å². The van der Waals surface area contributed by atoms with E-state index in [0.29, 0.717) is 5.69 Å². The molecule has 0 aliphatic rings. The van der Waals surface area contributed by atoms with Gasteiger partial charge in [-0.1, -0.05) is 17.7 Å². The zero-order valence-electron chi connectivity index (χ0n) is 11.9. The van der Waals surface area contributed by atoms with Crippen molar-refractivity contribution in [2.45, 2.75) is 40.2 Å². The van der Waals surface area contributed by atoms with E-state index in [2.05, 4.69) is 10.6 Å². The van der Waals surface area contributed by atoms with Crippen molar-refractivity contribution in [1.82, 2.24) is 5.32 Å². The van der Waals surface area contributed by atoms with Gasteiger partial charge in [-0.15, -0.1) is 0 Å². The standard InChI is InChI=1S/C14H20N2O3/c1-8-6-9(2)11(10(3)7-8)15-13(19)16-14(4,5)12(17)18/h6-7H,1-5H3,(H,17,18)(H2,15,16,19). The van der Waals surface area contributed by atoms with Crippen molar-refractivity contribution in [2.75, 3.05) is 5.32 Å². The number of carboxylic acid groups (broad SMARTS) is 1. The Morgan fingerprint density at radius 2 is 1.58 bits per heavy atom. The molecule has 104 valence electrons. The minimum absolute atomic E-state index is 0.526. The van der Waals surface area contributed by atoms with Crippen LogP contribution in [0.1, 0.15) is 30.5 Å². The quantitative estimate of drug-likeness (QED) is 0.785. The molecule has 0 saturated heterocycles. The number of carbonyl (C=O) groups excluding carboxylic acids is 1. The van der Waals surface area contributed by atoms with Gasteiger partial charge in [-0.2, -0.15) is 0 Å². The van der Waals surface area contributed by atoms with Crippen LogP contribution in [0.5, 0.6) is 0 Å². The van der Waals surface area contributed by atoms with Crippen LogP contribution in [0.4, 0.5) is 10.5 Å². The van der Waals surface area contributed by atoms with Gasteiger partial charge in [0.25, 0.3) is 0 Å². The van der Waals surface area contributed by atoms with E-state index in [0.717, 1.165) is 16.7 Å². The molecule has 0 bridgehead atoms. The van der Waals surface area contributed by atoms with E-state index in [1.54, 1.807) is 0 Å². The topological polar surface area (TPSA) is 78.4 Å². The SMILES string of the molecule is Cc1cc(C)c(NC(=O)NC(C)(C)C(=O)O)c(C)c1. The number of hydrogen-bond acceptors (Lipinski definition) is 2. The van der Waals surface area contributed by atoms with E-state index in [-0.39, 0.29) is 0 Å². The van der Waals surface area contributed by atoms with Crippen LogP contribution in [0.3, 0.4) is 0 Å². The van der Waals surface area contributed by atoms with Crippen molar-refractivity contribution in [1.29, 1.82) is 0 Å². The van der Waals surface area contributed by atoms with E-state index in [4.69, 9.17) is 5.11 Å². The minimum atomic E-state index is -1.31. The first-order valence-corrected chi connectivity index (χ1v) is 6.04. The summed E-state index contributed by atoms with van der Waals surface area (Å²) in [6, 6.07) is 3.40. The Hall–Kier alpha value is -2.04.